The van der Waals surface area contributed by atoms with E-state index in [2.05, 4.69) is 27.9 Å². The highest BCUT2D eigenvalue weighted by molar-refractivity contribution is 5.87. The first-order valence-corrected chi connectivity index (χ1v) is 8.29. The van der Waals surface area contributed by atoms with E-state index in [-0.39, 0.29) is 5.91 Å². The maximum atomic E-state index is 11.8. The third-order valence-corrected chi connectivity index (χ3v) is 4.28. The Labute approximate surface area is 142 Å². The van der Waals surface area contributed by atoms with Gasteiger partial charge in [0.15, 0.2) is 0 Å². The molecule has 0 saturated carbocycles. The van der Waals surface area contributed by atoms with Crippen molar-refractivity contribution in [2.45, 2.75) is 19.3 Å². The molecule has 3 rings (SSSR count). The van der Waals surface area contributed by atoms with Crippen molar-refractivity contribution >= 4 is 17.5 Å². The fourth-order valence-corrected chi connectivity index (χ4v) is 3.13. The summed E-state index contributed by atoms with van der Waals surface area (Å²) in [6.45, 7) is 5.22. The quantitative estimate of drug-likeness (QED) is 0.859. The second kappa shape index (κ2) is 7.73. The third kappa shape index (κ3) is 4.19. The molecule has 0 aromatic carbocycles. The standard InChI is InChI=1S/C19H22N4O/c1-2-19(24)23-11-5-6-16(14-23)12-15-8-10-21-18(13-15)22-17-7-3-4-9-20-17/h2-4,7-10,13,16H,1,5-6,11-12,14H2,(H,20,21,22)/t16-/m0/s1. The molecule has 24 heavy (non-hydrogen) atoms. The van der Waals surface area contributed by atoms with E-state index in [1.807, 2.05) is 35.4 Å². The van der Waals surface area contributed by atoms with Crippen molar-refractivity contribution in [3.63, 3.8) is 0 Å². The molecule has 5 heteroatoms. The van der Waals surface area contributed by atoms with Crippen LogP contribution < -0.4 is 5.32 Å². The van der Waals surface area contributed by atoms with Crippen molar-refractivity contribution in [2.75, 3.05) is 18.4 Å². The van der Waals surface area contributed by atoms with E-state index in [9.17, 15) is 4.79 Å². The SMILES string of the molecule is C=CC(=O)N1CCC[C@@H](Cc2ccnc(Nc3ccccn3)c2)C1. The van der Waals surface area contributed by atoms with Crippen molar-refractivity contribution in [1.29, 1.82) is 0 Å². The summed E-state index contributed by atoms with van der Waals surface area (Å²) < 4.78 is 0. The van der Waals surface area contributed by atoms with Gasteiger partial charge in [0, 0.05) is 25.5 Å². The molecular formula is C19H22N4O. The predicted molar refractivity (Wildman–Crippen MR) is 95.0 cm³/mol. The molecule has 0 aliphatic carbocycles. The highest BCUT2D eigenvalue weighted by Gasteiger charge is 2.22. The Morgan fingerprint density at radius 3 is 2.96 bits per heavy atom. The normalized spacial score (nSPS) is 17.3. The second-order valence-corrected chi connectivity index (χ2v) is 6.09. The summed E-state index contributed by atoms with van der Waals surface area (Å²) in [7, 11) is 0. The monoisotopic (exact) mass is 322 g/mol. The number of piperidine rings is 1. The van der Waals surface area contributed by atoms with Crippen LogP contribution in [0.4, 0.5) is 11.6 Å². The van der Waals surface area contributed by atoms with Crippen LogP contribution in [0.1, 0.15) is 18.4 Å². The summed E-state index contributed by atoms with van der Waals surface area (Å²) in [6, 6.07) is 9.83. The average Bonchev–Trinajstić information content (AvgIpc) is 2.62. The van der Waals surface area contributed by atoms with Crippen LogP contribution in [0.2, 0.25) is 0 Å². The Balaban J connectivity index is 1.64. The Morgan fingerprint density at radius 2 is 2.17 bits per heavy atom. The van der Waals surface area contributed by atoms with E-state index in [0.717, 1.165) is 44.0 Å². The van der Waals surface area contributed by atoms with Crippen LogP contribution in [-0.2, 0) is 11.2 Å². The minimum atomic E-state index is 0.0342. The molecule has 1 aliphatic rings. The highest BCUT2D eigenvalue weighted by Crippen LogP contribution is 2.22. The molecule has 0 unspecified atom stereocenters. The number of rotatable bonds is 5. The molecule has 1 saturated heterocycles. The minimum absolute atomic E-state index is 0.0342. The number of pyridine rings is 2. The molecule has 1 N–H and O–H groups in total. The van der Waals surface area contributed by atoms with E-state index in [1.54, 1.807) is 6.20 Å². The lowest BCUT2D eigenvalue weighted by Crippen LogP contribution is -2.39. The lowest BCUT2D eigenvalue weighted by molar-refractivity contribution is -0.127. The number of carbonyl (C=O) groups is 1. The fraction of sp³-hybridized carbons (Fsp3) is 0.316. The number of aromatic nitrogens is 2. The molecule has 124 valence electrons. The number of carbonyl (C=O) groups excluding carboxylic acids is 1. The lowest BCUT2D eigenvalue weighted by atomic mass is 9.91. The topological polar surface area (TPSA) is 58.1 Å². The number of hydrogen-bond acceptors (Lipinski definition) is 4. The zero-order valence-electron chi connectivity index (χ0n) is 13.7. The largest absolute Gasteiger partial charge is 0.339 e. The first-order valence-electron chi connectivity index (χ1n) is 8.29. The van der Waals surface area contributed by atoms with Crippen LogP contribution >= 0.6 is 0 Å². The maximum Gasteiger partial charge on any atom is 0.245 e. The van der Waals surface area contributed by atoms with Gasteiger partial charge in [0.2, 0.25) is 5.91 Å². The van der Waals surface area contributed by atoms with Gasteiger partial charge < -0.3 is 10.2 Å². The van der Waals surface area contributed by atoms with Crippen molar-refractivity contribution in [1.82, 2.24) is 14.9 Å². The third-order valence-electron chi connectivity index (χ3n) is 4.28. The zero-order chi connectivity index (χ0) is 16.8. The van der Waals surface area contributed by atoms with Gasteiger partial charge in [-0.3, -0.25) is 4.79 Å². The van der Waals surface area contributed by atoms with Crippen LogP contribution in [0.3, 0.4) is 0 Å². The average molecular weight is 322 g/mol. The Hall–Kier alpha value is -2.69. The summed E-state index contributed by atoms with van der Waals surface area (Å²) in [5.41, 5.74) is 1.22. The Bertz CT molecular complexity index is 702. The van der Waals surface area contributed by atoms with Gasteiger partial charge >= 0.3 is 0 Å². The Kier molecular flexibility index (Phi) is 5.21. The molecule has 0 radical (unpaired) electrons. The van der Waals surface area contributed by atoms with Crippen LogP contribution in [0.15, 0.2) is 55.4 Å². The van der Waals surface area contributed by atoms with Gasteiger partial charge in [0.1, 0.15) is 11.6 Å². The summed E-state index contributed by atoms with van der Waals surface area (Å²) in [5.74, 6) is 2.09. The lowest BCUT2D eigenvalue weighted by Gasteiger charge is -2.32. The van der Waals surface area contributed by atoms with Gasteiger partial charge in [-0.25, -0.2) is 9.97 Å². The van der Waals surface area contributed by atoms with Crippen LogP contribution in [0.5, 0.6) is 0 Å². The molecule has 1 atom stereocenters. The number of nitrogens with one attached hydrogen (secondary N) is 1. The molecular weight excluding hydrogens is 300 g/mol. The second-order valence-electron chi connectivity index (χ2n) is 6.09. The van der Waals surface area contributed by atoms with E-state index >= 15 is 0 Å². The summed E-state index contributed by atoms with van der Waals surface area (Å²) in [5, 5.41) is 3.22. The van der Waals surface area contributed by atoms with Gasteiger partial charge in [-0.1, -0.05) is 12.6 Å². The number of anilines is 2. The smallest absolute Gasteiger partial charge is 0.245 e. The first kappa shape index (κ1) is 16.2. The van der Waals surface area contributed by atoms with Gasteiger partial charge in [-0.15, -0.1) is 0 Å². The minimum Gasteiger partial charge on any atom is -0.339 e. The molecule has 1 amide bonds. The molecule has 2 aromatic heterocycles. The van der Waals surface area contributed by atoms with Gasteiger partial charge in [-0.05, 0) is 61.1 Å². The highest BCUT2D eigenvalue weighted by atomic mass is 16.2. The number of likely N-dealkylation sites (tertiary alicyclic amines) is 1. The van der Waals surface area contributed by atoms with Crippen molar-refractivity contribution in [3.8, 4) is 0 Å². The zero-order valence-corrected chi connectivity index (χ0v) is 13.7. The number of hydrogen-bond donors (Lipinski definition) is 1. The molecule has 5 nitrogen and oxygen atoms in total. The Morgan fingerprint density at radius 1 is 1.29 bits per heavy atom. The van der Waals surface area contributed by atoms with Crippen LogP contribution in [-0.4, -0.2) is 33.9 Å². The number of amides is 1. The van der Waals surface area contributed by atoms with Gasteiger partial charge in [-0.2, -0.15) is 0 Å². The van der Waals surface area contributed by atoms with E-state index in [0.29, 0.717) is 5.92 Å². The van der Waals surface area contributed by atoms with E-state index in [1.165, 1.54) is 11.6 Å². The first-order chi connectivity index (χ1) is 11.7. The molecule has 2 aromatic rings. The molecule has 0 spiro atoms. The van der Waals surface area contributed by atoms with Crippen molar-refractivity contribution in [3.05, 3.63) is 60.9 Å². The summed E-state index contributed by atoms with van der Waals surface area (Å²) in [4.78, 5) is 22.3. The molecule has 1 aliphatic heterocycles. The van der Waals surface area contributed by atoms with Gasteiger partial charge in [0.05, 0.1) is 0 Å². The molecule has 0 bridgehead atoms. The predicted octanol–water partition coefficient (Wildman–Crippen LogP) is 3.19. The van der Waals surface area contributed by atoms with Gasteiger partial charge in [0.25, 0.3) is 0 Å². The van der Waals surface area contributed by atoms with E-state index < -0.39 is 0 Å². The number of nitrogens with zero attached hydrogens (tertiary/aromatic N) is 3. The fourth-order valence-electron chi connectivity index (χ4n) is 3.13. The van der Waals surface area contributed by atoms with Crippen LogP contribution in [0.25, 0.3) is 0 Å². The summed E-state index contributed by atoms with van der Waals surface area (Å²) >= 11 is 0. The molecule has 3 heterocycles. The van der Waals surface area contributed by atoms with Crippen LogP contribution in [0, 0.1) is 5.92 Å². The summed E-state index contributed by atoms with van der Waals surface area (Å²) in [6.07, 6.45) is 8.11. The van der Waals surface area contributed by atoms with Crippen molar-refractivity contribution < 1.29 is 4.79 Å². The van der Waals surface area contributed by atoms with E-state index in [4.69, 9.17) is 0 Å². The molecule has 1 fully saturated rings. The maximum absolute atomic E-state index is 11.8. The van der Waals surface area contributed by atoms with Crippen molar-refractivity contribution in [2.24, 2.45) is 5.92 Å².